The van der Waals surface area contributed by atoms with Gasteiger partial charge in [-0.2, -0.15) is 0 Å². The van der Waals surface area contributed by atoms with Crippen LogP contribution in [0.3, 0.4) is 0 Å². The highest BCUT2D eigenvalue weighted by Crippen LogP contribution is 2.25. The smallest absolute Gasteiger partial charge is 0.240 e. The van der Waals surface area contributed by atoms with Crippen molar-refractivity contribution in [1.29, 1.82) is 0 Å². The van der Waals surface area contributed by atoms with E-state index in [2.05, 4.69) is 16.5 Å². The zero-order valence-corrected chi connectivity index (χ0v) is 13.1. The van der Waals surface area contributed by atoms with Crippen LogP contribution in [0, 0.1) is 5.92 Å². The second-order valence-electron chi connectivity index (χ2n) is 6.27. The fourth-order valence-corrected chi connectivity index (χ4v) is 4.03. The Morgan fingerprint density at radius 3 is 2.43 bits per heavy atom. The highest BCUT2D eigenvalue weighted by atomic mass is 32.2. The number of hydrogen-bond donors (Lipinski definition) is 2. The first-order valence-corrected chi connectivity index (χ1v) is 9.07. The highest BCUT2D eigenvalue weighted by molar-refractivity contribution is 7.89. The summed E-state index contributed by atoms with van der Waals surface area (Å²) in [6.07, 6.45) is 2.87. The van der Waals surface area contributed by atoms with Crippen LogP contribution in [0.2, 0.25) is 0 Å². The maximum absolute atomic E-state index is 12.1. The van der Waals surface area contributed by atoms with E-state index in [4.69, 9.17) is 5.73 Å². The largest absolute Gasteiger partial charge is 0.371 e. The van der Waals surface area contributed by atoms with E-state index in [1.807, 2.05) is 12.1 Å². The molecule has 1 saturated carbocycles. The van der Waals surface area contributed by atoms with Crippen molar-refractivity contribution < 1.29 is 8.42 Å². The van der Waals surface area contributed by atoms with Crippen LogP contribution in [0.15, 0.2) is 29.2 Å². The molecule has 0 aromatic heterocycles. The number of nitrogens with two attached hydrogens (primary N) is 1. The molecule has 1 heterocycles. The third kappa shape index (κ3) is 3.39. The standard InChI is InChI=1S/C15H23N3O2S/c1-11-10-18(9-8-15(11)16)13-4-6-14(7-5-13)21(19,20)17-12-2-3-12/h4-7,11-12,15,17H,2-3,8-10,16H2,1H3. The Hall–Kier alpha value is -1.11. The van der Waals surface area contributed by atoms with E-state index in [-0.39, 0.29) is 12.1 Å². The van der Waals surface area contributed by atoms with Gasteiger partial charge < -0.3 is 10.6 Å². The van der Waals surface area contributed by atoms with E-state index in [0.29, 0.717) is 10.8 Å². The number of nitrogens with zero attached hydrogens (tertiary/aromatic N) is 1. The lowest BCUT2D eigenvalue weighted by molar-refractivity contribution is 0.383. The molecule has 2 fully saturated rings. The summed E-state index contributed by atoms with van der Waals surface area (Å²) in [4.78, 5) is 2.62. The summed E-state index contributed by atoms with van der Waals surface area (Å²) in [5.41, 5.74) is 7.11. The Labute approximate surface area is 126 Å². The zero-order valence-electron chi connectivity index (χ0n) is 12.3. The Morgan fingerprint density at radius 1 is 1.19 bits per heavy atom. The quantitative estimate of drug-likeness (QED) is 0.879. The molecule has 0 bridgehead atoms. The second-order valence-corrected chi connectivity index (χ2v) is 7.98. The summed E-state index contributed by atoms with van der Waals surface area (Å²) in [6.45, 7) is 4.01. The lowest BCUT2D eigenvalue weighted by Crippen LogP contribution is -2.45. The van der Waals surface area contributed by atoms with Crippen molar-refractivity contribution in [3.05, 3.63) is 24.3 Å². The minimum absolute atomic E-state index is 0.138. The van der Waals surface area contributed by atoms with Crippen molar-refractivity contribution in [3.8, 4) is 0 Å². The van der Waals surface area contributed by atoms with Crippen LogP contribution in [0.1, 0.15) is 26.2 Å². The molecule has 1 aliphatic carbocycles. The molecule has 1 aromatic carbocycles. The van der Waals surface area contributed by atoms with Gasteiger partial charge in [0, 0.05) is 30.9 Å². The van der Waals surface area contributed by atoms with Crippen LogP contribution >= 0.6 is 0 Å². The Balaban J connectivity index is 1.72. The lowest BCUT2D eigenvalue weighted by atomic mass is 9.94. The van der Waals surface area contributed by atoms with Crippen LogP contribution in [0.25, 0.3) is 0 Å². The van der Waals surface area contributed by atoms with E-state index in [9.17, 15) is 8.42 Å². The molecule has 3 rings (SSSR count). The number of hydrogen-bond acceptors (Lipinski definition) is 4. The fourth-order valence-electron chi connectivity index (χ4n) is 2.72. The van der Waals surface area contributed by atoms with Crippen molar-refractivity contribution >= 4 is 15.7 Å². The molecule has 2 atom stereocenters. The predicted molar refractivity (Wildman–Crippen MR) is 83.8 cm³/mol. The molecule has 0 radical (unpaired) electrons. The fraction of sp³-hybridized carbons (Fsp3) is 0.600. The van der Waals surface area contributed by atoms with E-state index in [1.54, 1.807) is 12.1 Å². The maximum atomic E-state index is 12.1. The van der Waals surface area contributed by atoms with Crippen molar-refractivity contribution in [2.75, 3.05) is 18.0 Å². The van der Waals surface area contributed by atoms with Crippen LogP contribution in [0.5, 0.6) is 0 Å². The molecule has 2 unspecified atom stereocenters. The van der Waals surface area contributed by atoms with Gasteiger partial charge in [-0.3, -0.25) is 0 Å². The summed E-state index contributed by atoms with van der Waals surface area (Å²) < 4.78 is 26.9. The highest BCUT2D eigenvalue weighted by Gasteiger charge is 2.28. The molecular weight excluding hydrogens is 286 g/mol. The Bertz CT molecular complexity index is 596. The normalized spacial score (nSPS) is 26.9. The van der Waals surface area contributed by atoms with Crippen molar-refractivity contribution in [1.82, 2.24) is 4.72 Å². The van der Waals surface area contributed by atoms with Gasteiger partial charge in [0.25, 0.3) is 0 Å². The van der Waals surface area contributed by atoms with Crippen molar-refractivity contribution in [2.24, 2.45) is 11.7 Å². The molecule has 2 aliphatic rings. The average molecular weight is 309 g/mol. The van der Waals surface area contributed by atoms with Gasteiger partial charge in [0.05, 0.1) is 4.90 Å². The Morgan fingerprint density at radius 2 is 1.86 bits per heavy atom. The minimum Gasteiger partial charge on any atom is -0.371 e. The van der Waals surface area contributed by atoms with E-state index in [1.165, 1.54) is 0 Å². The van der Waals surface area contributed by atoms with E-state index >= 15 is 0 Å². The van der Waals surface area contributed by atoms with E-state index in [0.717, 1.165) is 38.0 Å². The van der Waals surface area contributed by atoms with Gasteiger partial charge in [-0.25, -0.2) is 13.1 Å². The third-order valence-corrected chi connectivity index (χ3v) is 5.92. The van der Waals surface area contributed by atoms with Gasteiger partial charge in [0.15, 0.2) is 0 Å². The van der Waals surface area contributed by atoms with Crippen LogP contribution < -0.4 is 15.4 Å². The second kappa shape index (κ2) is 5.59. The monoisotopic (exact) mass is 309 g/mol. The molecule has 1 saturated heterocycles. The molecule has 21 heavy (non-hydrogen) atoms. The zero-order chi connectivity index (χ0) is 15.0. The van der Waals surface area contributed by atoms with Gasteiger partial charge in [0.1, 0.15) is 0 Å². The number of anilines is 1. The lowest BCUT2D eigenvalue weighted by Gasteiger charge is -2.36. The van der Waals surface area contributed by atoms with Crippen molar-refractivity contribution in [2.45, 2.75) is 43.2 Å². The number of sulfonamides is 1. The number of rotatable bonds is 4. The first-order chi connectivity index (χ1) is 9.95. The first kappa shape index (κ1) is 14.8. The number of piperidine rings is 1. The topological polar surface area (TPSA) is 75.4 Å². The van der Waals surface area contributed by atoms with Crippen LogP contribution in [-0.2, 0) is 10.0 Å². The summed E-state index contributed by atoms with van der Waals surface area (Å²) in [5.74, 6) is 0.457. The van der Waals surface area contributed by atoms with E-state index < -0.39 is 10.0 Å². The van der Waals surface area contributed by atoms with Gasteiger partial charge >= 0.3 is 0 Å². The molecule has 1 aliphatic heterocycles. The summed E-state index contributed by atoms with van der Waals surface area (Å²) >= 11 is 0. The van der Waals surface area contributed by atoms with Crippen molar-refractivity contribution in [3.63, 3.8) is 0 Å². The Kier molecular flexibility index (Phi) is 3.94. The molecule has 116 valence electrons. The van der Waals surface area contributed by atoms with Crippen LogP contribution in [-0.4, -0.2) is 33.6 Å². The number of nitrogens with one attached hydrogen (secondary N) is 1. The molecule has 6 heteroatoms. The van der Waals surface area contributed by atoms with Crippen LogP contribution in [0.4, 0.5) is 5.69 Å². The van der Waals surface area contributed by atoms with Gasteiger partial charge in [-0.15, -0.1) is 0 Å². The molecule has 0 amide bonds. The summed E-state index contributed by atoms with van der Waals surface area (Å²) in [7, 11) is -3.35. The summed E-state index contributed by atoms with van der Waals surface area (Å²) in [5, 5.41) is 0. The molecule has 0 spiro atoms. The summed E-state index contributed by atoms with van der Waals surface area (Å²) in [6, 6.07) is 7.58. The molecule has 3 N–H and O–H groups in total. The third-order valence-electron chi connectivity index (χ3n) is 4.38. The number of benzene rings is 1. The average Bonchev–Trinajstić information content (AvgIpc) is 3.25. The van der Waals surface area contributed by atoms with Gasteiger partial charge in [0.2, 0.25) is 10.0 Å². The molecule has 1 aromatic rings. The van der Waals surface area contributed by atoms with Gasteiger partial charge in [-0.05, 0) is 49.4 Å². The molecule has 5 nitrogen and oxygen atoms in total. The SMILES string of the molecule is CC1CN(c2ccc(S(=O)(=O)NC3CC3)cc2)CCC1N. The molecular formula is C15H23N3O2S. The maximum Gasteiger partial charge on any atom is 0.240 e. The predicted octanol–water partition coefficient (Wildman–Crippen LogP) is 1.30. The van der Waals surface area contributed by atoms with Gasteiger partial charge in [-0.1, -0.05) is 6.92 Å². The minimum atomic E-state index is -3.35. The first-order valence-electron chi connectivity index (χ1n) is 7.58.